The maximum Gasteiger partial charge on any atom is 0.219 e. The number of amidine groups is 1. The number of hydrogen-bond acceptors (Lipinski definition) is 6. The Kier molecular flexibility index (Phi) is 4.16. The van der Waals surface area contributed by atoms with Crippen LogP contribution in [0.3, 0.4) is 0 Å². The zero-order chi connectivity index (χ0) is 17.3. The van der Waals surface area contributed by atoms with Crippen molar-refractivity contribution in [3.8, 4) is 0 Å². The van der Waals surface area contributed by atoms with E-state index >= 15 is 0 Å². The van der Waals surface area contributed by atoms with Crippen molar-refractivity contribution in [2.45, 2.75) is 19.3 Å². The van der Waals surface area contributed by atoms with Crippen molar-refractivity contribution in [3.63, 3.8) is 0 Å². The number of halogens is 1. The van der Waals surface area contributed by atoms with Gasteiger partial charge in [-0.15, -0.1) is 0 Å². The molecule has 0 saturated heterocycles. The lowest BCUT2D eigenvalue weighted by Gasteiger charge is -2.27. The average Bonchev–Trinajstić information content (AvgIpc) is 2.55. The predicted octanol–water partition coefficient (Wildman–Crippen LogP) is 2.00. The zero-order valence-corrected chi connectivity index (χ0v) is 13.0. The minimum absolute atomic E-state index is 0.0974. The monoisotopic (exact) mass is 329 g/mol. The second kappa shape index (κ2) is 6.27. The molecule has 2 N–H and O–H groups in total. The number of aliphatic imine (C=N–C) groups is 1. The van der Waals surface area contributed by atoms with E-state index in [4.69, 9.17) is 0 Å². The largest absolute Gasteiger partial charge is 0.511 e. The molecule has 0 bridgehead atoms. The quantitative estimate of drug-likeness (QED) is 0.829. The van der Waals surface area contributed by atoms with Gasteiger partial charge >= 0.3 is 0 Å². The van der Waals surface area contributed by atoms with Crippen molar-refractivity contribution in [3.05, 3.63) is 58.9 Å². The standard InChI is InChI=1S/C17H16FN3O3/c1-21-17(10-5-7-11(18)8-6-10)19-9-12(20-21)16(24)15-13(22)3-2-4-14(15)23/h5-9,20,22H,2-4H2,1H3. The van der Waals surface area contributed by atoms with Gasteiger partial charge in [0.15, 0.2) is 11.6 Å². The molecule has 0 amide bonds. The van der Waals surface area contributed by atoms with E-state index in [0.717, 1.165) is 0 Å². The van der Waals surface area contributed by atoms with Crippen LogP contribution in [0.15, 0.2) is 52.5 Å². The number of hydrazine groups is 1. The lowest BCUT2D eigenvalue weighted by Crippen LogP contribution is -2.44. The third kappa shape index (κ3) is 2.92. The number of aliphatic hydroxyl groups excluding tert-OH is 1. The van der Waals surface area contributed by atoms with E-state index in [0.29, 0.717) is 24.2 Å². The molecule has 24 heavy (non-hydrogen) atoms. The summed E-state index contributed by atoms with van der Waals surface area (Å²) < 4.78 is 13.0. The molecular formula is C17H16FN3O3. The molecule has 0 spiro atoms. The summed E-state index contributed by atoms with van der Waals surface area (Å²) in [6.07, 6.45) is 2.42. The molecule has 3 rings (SSSR count). The molecule has 1 aromatic carbocycles. The lowest BCUT2D eigenvalue weighted by atomic mass is 9.92. The van der Waals surface area contributed by atoms with Crippen molar-refractivity contribution in [1.82, 2.24) is 10.4 Å². The zero-order valence-electron chi connectivity index (χ0n) is 13.0. The van der Waals surface area contributed by atoms with E-state index in [-0.39, 0.29) is 35.1 Å². The number of aliphatic hydroxyl groups is 1. The molecule has 1 aliphatic heterocycles. The number of hydrogen-bond donors (Lipinski definition) is 2. The molecule has 1 aromatic rings. The molecule has 0 radical (unpaired) electrons. The topological polar surface area (TPSA) is 82.0 Å². The van der Waals surface area contributed by atoms with Crippen LogP contribution in [0.1, 0.15) is 24.8 Å². The fourth-order valence-electron chi connectivity index (χ4n) is 2.67. The van der Waals surface area contributed by atoms with Gasteiger partial charge in [-0.25, -0.2) is 9.38 Å². The number of rotatable bonds is 3. The molecule has 1 aliphatic carbocycles. The van der Waals surface area contributed by atoms with Gasteiger partial charge in [-0.05, 0) is 30.7 Å². The third-order valence-electron chi connectivity index (χ3n) is 3.88. The number of carbonyl (C=O) groups is 2. The first-order valence-corrected chi connectivity index (χ1v) is 7.51. The Morgan fingerprint density at radius 1 is 1.29 bits per heavy atom. The van der Waals surface area contributed by atoms with Crippen LogP contribution in [0.25, 0.3) is 0 Å². The number of carbonyl (C=O) groups excluding carboxylic acids is 2. The lowest BCUT2D eigenvalue weighted by molar-refractivity contribution is -0.121. The number of allylic oxidation sites excluding steroid dienone is 2. The highest BCUT2D eigenvalue weighted by Crippen LogP contribution is 2.23. The average molecular weight is 329 g/mol. The smallest absolute Gasteiger partial charge is 0.219 e. The summed E-state index contributed by atoms with van der Waals surface area (Å²) in [4.78, 5) is 28.6. The maximum absolute atomic E-state index is 13.0. The van der Waals surface area contributed by atoms with Gasteiger partial charge in [-0.2, -0.15) is 0 Å². The van der Waals surface area contributed by atoms with Crippen LogP contribution >= 0.6 is 0 Å². The molecule has 2 aliphatic rings. The van der Waals surface area contributed by atoms with Gasteiger partial charge < -0.3 is 5.11 Å². The van der Waals surface area contributed by atoms with Gasteiger partial charge in [0.2, 0.25) is 5.78 Å². The minimum atomic E-state index is -0.578. The Morgan fingerprint density at radius 2 is 2.00 bits per heavy atom. The summed E-state index contributed by atoms with van der Waals surface area (Å²) in [5.41, 5.74) is 3.44. The van der Waals surface area contributed by atoms with Crippen LogP contribution in [-0.4, -0.2) is 34.6 Å². The van der Waals surface area contributed by atoms with E-state index in [1.165, 1.54) is 23.3 Å². The summed E-state index contributed by atoms with van der Waals surface area (Å²) in [5.74, 6) is -0.960. The van der Waals surface area contributed by atoms with Gasteiger partial charge in [0, 0.05) is 25.5 Å². The molecule has 0 fully saturated rings. The van der Waals surface area contributed by atoms with Crippen molar-refractivity contribution in [2.24, 2.45) is 4.99 Å². The second-order valence-corrected chi connectivity index (χ2v) is 5.60. The molecule has 0 aromatic heterocycles. The first kappa shape index (κ1) is 15.9. The highest BCUT2D eigenvalue weighted by atomic mass is 19.1. The van der Waals surface area contributed by atoms with E-state index in [1.54, 1.807) is 19.2 Å². The highest BCUT2D eigenvalue weighted by molar-refractivity contribution is 6.26. The summed E-state index contributed by atoms with van der Waals surface area (Å²) in [6.45, 7) is 0. The number of benzene rings is 1. The first-order valence-electron chi connectivity index (χ1n) is 7.51. The fourth-order valence-corrected chi connectivity index (χ4v) is 2.67. The van der Waals surface area contributed by atoms with Crippen molar-refractivity contribution < 1.29 is 19.1 Å². The third-order valence-corrected chi connectivity index (χ3v) is 3.88. The van der Waals surface area contributed by atoms with Crippen LogP contribution < -0.4 is 5.43 Å². The fraction of sp³-hybridized carbons (Fsp3) is 0.235. The number of ketones is 2. The van der Waals surface area contributed by atoms with Crippen molar-refractivity contribution >= 4 is 17.4 Å². The second-order valence-electron chi connectivity index (χ2n) is 5.60. The van der Waals surface area contributed by atoms with Crippen molar-refractivity contribution in [2.75, 3.05) is 7.05 Å². The highest BCUT2D eigenvalue weighted by Gasteiger charge is 2.30. The molecule has 0 saturated carbocycles. The molecule has 6 nitrogen and oxygen atoms in total. The molecule has 0 unspecified atom stereocenters. The first-order chi connectivity index (χ1) is 11.5. The van der Waals surface area contributed by atoms with Crippen LogP contribution in [-0.2, 0) is 9.59 Å². The SMILES string of the molecule is CN1NC(C(=O)C2=C(O)CCCC2=O)=CN=C1c1ccc(F)cc1. The molecular weight excluding hydrogens is 313 g/mol. The molecule has 0 atom stereocenters. The number of nitrogens with one attached hydrogen (secondary N) is 1. The number of Topliss-reactive ketones (excluding diaryl/α,β-unsaturated/α-hetero) is 2. The van der Waals surface area contributed by atoms with E-state index in [2.05, 4.69) is 10.4 Å². The maximum atomic E-state index is 13.0. The summed E-state index contributed by atoms with van der Waals surface area (Å²) >= 11 is 0. The van der Waals surface area contributed by atoms with Crippen LogP contribution in [0.2, 0.25) is 0 Å². The summed E-state index contributed by atoms with van der Waals surface area (Å²) in [5, 5.41) is 11.4. The molecule has 124 valence electrons. The van der Waals surface area contributed by atoms with E-state index in [9.17, 15) is 19.1 Å². The summed E-state index contributed by atoms with van der Waals surface area (Å²) in [6, 6.07) is 5.79. The Bertz CT molecular complexity index is 794. The van der Waals surface area contributed by atoms with E-state index in [1.807, 2.05) is 0 Å². The van der Waals surface area contributed by atoms with Crippen LogP contribution in [0, 0.1) is 5.82 Å². The minimum Gasteiger partial charge on any atom is -0.511 e. The predicted molar refractivity (Wildman–Crippen MR) is 85.4 cm³/mol. The van der Waals surface area contributed by atoms with Gasteiger partial charge in [0.1, 0.15) is 22.8 Å². The Hall–Kier alpha value is -2.96. The van der Waals surface area contributed by atoms with Crippen LogP contribution in [0.5, 0.6) is 0 Å². The van der Waals surface area contributed by atoms with Gasteiger partial charge in [0.25, 0.3) is 0 Å². The van der Waals surface area contributed by atoms with Crippen LogP contribution in [0.4, 0.5) is 4.39 Å². The van der Waals surface area contributed by atoms with Gasteiger partial charge in [-0.1, -0.05) is 0 Å². The Labute approximate surface area is 138 Å². The van der Waals surface area contributed by atoms with Gasteiger partial charge in [0.05, 0.1) is 6.20 Å². The Morgan fingerprint density at radius 3 is 2.62 bits per heavy atom. The van der Waals surface area contributed by atoms with E-state index < -0.39 is 5.78 Å². The Balaban J connectivity index is 1.90. The molecule has 7 heteroatoms. The number of nitrogens with zero attached hydrogens (tertiary/aromatic N) is 2. The van der Waals surface area contributed by atoms with Gasteiger partial charge in [-0.3, -0.25) is 20.0 Å². The van der Waals surface area contributed by atoms with Crippen molar-refractivity contribution in [1.29, 1.82) is 0 Å². The summed E-state index contributed by atoms with van der Waals surface area (Å²) in [7, 11) is 1.65. The normalized spacial score (nSPS) is 18.1. The molecule has 1 heterocycles.